The molecule has 0 aliphatic carbocycles. The topological polar surface area (TPSA) is 44.5 Å². The van der Waals surface area contributed by atoms with Crippen molar-refractivity contribution >= 4 is 5.69 Å². The molecule has 2 N–H and O–H groups in total. The second-order valence-electron chi connectivity index (χ2n) is 3.81. The second-order valence-corrected chi connectivity index (χ2v) is 3.81. The molecule has 0 atom stereocenters. The average Bonchev–Trinajstić information content (AvgIpc) is 2.39. The third-order valence-corrected chi connectivity index (χ3v) is 2.49. The first-order chi connectivity index (χ1) is 9.16. The van der Waals surface area contributed by atoms with E-state index in [9.17, 15) is 8.78 Å². The number of nitrogens with two attached hydrogens (primary N) is 1. The summed E-state index contributed by atoms with van der Waals surface area (Å²) in [6.45, 7) is -2.75. The van der Waals surface area contributed by atoms with E-state index < -0.39 is 6.61 Å². The van der Waals surface area contributed by atoms with Gasteiger partial charge in [0, 0.05) is 5.56 Å². The van der Waals surface area contributed by atoms with Crippen LogP contribution in [0.3, 0.4) is 0 Å². The van der Waals surface area contributed by atoms with Crippen LogP contribution < -0.4 is 15.2 Å². The number of para-hydroxylation sites is 3. The third kappa shape index (κ3) is 3.58. The summed E-state index contributed by atoms with van der Waals surface area (Å²) in [5, 5.41) is 0. The number of ether oxygens (including phenoxy) is 2. The van der Waals surface area contributed by atoms with Crippen LogP contribution in [0.25, 0.3) is 0 Å². The molecule has 0 radical (unpaired) electrons. The number of anilines is 1. The maximum absolute atomic E-state index is 12.2. The number of halogens is 2. The zero-order valence-corrected chi connectivity index (χ0v) is 10.1. The Morgan fingerprint density at radius 2 is 1.58 bits per heavy atom. The molecule has 3 nitrogen and oxygen atoms in total. The lowest BCUT2D eigenvalue weighted by Gasteiger charge is -2.12. The van der Waals surface area contributed by atoms with E-state index in [0.717, 1.165) is 0 Å². The highest BCUT2D eigenvalue weighted by atomic mass is 19.3. The minimum absolute atomic E-state index is 0.104. The monoisotopic (exact) mass is 265 g/mol. The van der Waals surface area contributed by atoms with E-state index in [2.05, 4.69) is 4.74 Å². The summed E-state index contributed by atoms with van der Waals surface area (Å²) in [5.41, 5.74) is 6.76. The maximum Gasteiger partial charge on any atom is 0.387 e. The van der Waals surface area contributed by atoms with Gasteiger partial charge in [-0.1, -0.05) is 30.3 Å². The Morgan fingerprint density at radius 3 is 2.26 bits per heavy atom. The Labute approximate surface area is 109 Å². The Hall–Kier alpha value is -2.30. The fourth-order valence-corrected chi connectivity index (χ4v) is 1.60. The van der Waals surface area contributed by atoms with E-state index >= 15 is 0 Å². The Bertz CT molecular complexity index is 546. The second kappa shape index (κ2) is 6.04. The van der Waals surface area contributed by atoms with Gasteiger partial charge in [0.15, 0.2) is 0 Å². The number of rotatable bonds is 5. The summed E-state index contributed by atoms with van der Waals surface area (Å²) in [6, 6.07) is 13.5. The van der Waals surface area contributed by atoms with Crippen molar-refractivity contribution < 1.29 is 18.3 Å². The quantitative estimate of drug-likeness (QED) is 0.842. The van der Waals surface area contributed by atoms with Crippen molar-refractivity contribution in [3.8, 4) is 11.5 Å². The molecule has 0 saturated heterocycles. The van der Waals surface area contributed by atoms with Crippen LogP contribution in [-0.2, 0) is 6.61 Å². The van der Waals surface area contributed by atoms with Crippen molar-refractivity contribution in [3.63, 3.8) is 0 Å². The van der Waals surface area contributed by atoms with Crippen LogP contribution in [0, 0.1) is 0 Å². The molecule has 0 aromatic heterocycles. The van der Waals surface area contributed by atoms with Crippen molar-refractivity contribution in [2.75, 3.05) is 5.73 Å². The van der Waals surface area contributed by atoms with E-state index in [1.807, 2.05) is 0 Å². The van der Waals surface area contributed by atoms with E-state index in [1.165, 1.54) is 6.07 Å². The first kappa shape index (κ1) is 13.1. The van der Waals surface area contributed by atoms with Crippen LogP contribution in [0.4, 0.5) is 14.5 Å². The Balaban J connectivity index is 2.09. The van der Waals surface area contributed by atoms with Gasteiger partial charge >= 0.3 is 6.61 Å². The summed E-state index contributed by atoms with van der Waals surface area (Å²) in [5.74, 6) is 0.612. The molecule has 2 rings (SSSR count). The molecular weight excluding hydrogens is 252 g/mol. The van der Waals surface area contributed by atoms with Crippen molar-refractivity contribution in [2.24, 2.45) is 0 Å². The fourth-order valence-electron chi connectivity index (χ4n) is 1.60. The molecule has 2 aromatic rings. The third-order valence-electron chi connectivity index (χ3n) is 2.49. The zero-order chi connectivity index (χ0) is 13.7. The van der Waals surface area contributed by atoms with Gasteiger partial charge in [-0.2, -0.15) is 8.78 Å². The van der Waals surface area contributed by atoms with Gasteiger partial charge in [-0.25, -0.2) is 0 Å². The van der Waals surface area contributed by atoms with Crippen LogP contribution in [0.2, 0.25) is 0 Å². The molecule has 100 valence electrons. The summed E-state index contributed by atoms with van der Waals surface area (Å²) in [7, 11) is 0. The molecule has 19 heavy (non-hydrogen) atoms. The first-order valence-corrected chi connectivity index (χ1v) is 5.67. The van der Waals surface area contributed by atoms with Crippen molar-refractivity contribution in [2.45, 2.75) is 13.2 Å². The largest absolute Gasteiger partial charge is 0.487 e. The van der Waals surface area contributed by atoms with Crippen molar-refractivity contribution in [1.82, 2.24) is 0 Å². The van der Waals surface area contributed by atoms with Gasteiger partial charge in [0.1, 0.15) is 18.1 Å². The SMILES string of the molecule is Nc1ccccc1OCc1ccccc1OC(F)F. The van der Waals surface area contributed by atoms with Crippen LogP contribution in [0.1, 0.15) is 5.56 Å². The molecule has 0 spiro atoms. The lowest BCUT2D eigenvalue weighted by Crippen LogP contribution is -2.06. The fraction of sp³-hybridized carbons (Fsp3) is 0.143. The van der Waals surface area contributed by atoms with Gasteiger partial charge in [0.2, 0.25) is 0 Å². The predicted octanol–water partition coefficient (Wildman–Crippen LogP) is 3.45. The number of benzene rings is 2. The minimum atomic E-state index is -2.86. The number of hydrogen-bond donors (Lipinski definition) is 1. The minimum Gasteiger partial charge on any atom is -0.487 e. The normalized spacial score (nSPS) is 10.5. The van der Waals surface area contributed by atoms with Gasteiger partial charge in [-0.05, 0) is 18.2 Å². The smallest absolute Gasteiger partial charge is 0.387 e. The highest BCUT2D eigenvalue weighted by Crippen LogP contribution is 2.25. The van der Waals surface area contributed by atoms with Crippen LogP contribution >= 0.6 is 0 Å². The molecular formula is C14H13F2NO2. The van der Waals surface area contributed by atoms with E-state index in [-0.39, 0.29) is 12.4 Å². The summed E-state index contributed by atoms with van der Waals surface area (Å²) >= 11 is 0. The summed E-state index contributed by atoms with van der Waals surface area (Å²) in [4.78, 5) is 0. The molecule has 0 bridgehead atoms. The van der Waals surface area contributed by atoms with Crippen LogP contribution in [-0.4, -0.2) is 6.61 Å². The molecule has 2 aromatic carbocycles. The van der Waals surface area contributed by atoms with E-state index in [0.29, 0.717) is 17.0 Å². The molecule has 0 aliphatic rings. The molecule has 0 saturated carbocycles. The van der Waals surface area contributed by atoms with Crippen molar-refractivity contribution in [1.29, 1.82) is 0 Å². The summed E-state index contributed by atoms with van der Waals surface area (Å²) in [6.07, 6.45) is 0. The Morgan fingerprint density at radius 1 is 0.947 bits per heavy atom. The van der Waals surface area contributed by atoms with Gasteiger partial charge in [0.25, 0.3) is 0 Å². The van der Waals surface area contributed by atoms with Crippen LogP contribution in [0.15, 0.2) is 48.5 Å². The van der Waals surface area contributed by atoms with Crippen LogP contribution in [0.5, 0.6) is 11.5 Å². The lowest BCUT2D eigenvalue weighted by atomic mass is 10.2. The summed E-state index contributed by atoms with van der Waals surface area (Å²) < 4.78 is 34.4. The predicted molar refractivity (Wildman–Crippen MR) is 68.3 cm³/mol. The lowest BCUT2D eigenvalue weighted by molar-refractivity contribution is -0.0508. The number of hydrogen-bond acceptors (Lipinski definition) is 3. The first-order valence-electron chi connectivity index (χ1n) is 5.67. The molecule has 0 heterocycles. The van der Waals surface area contributed by atoms with E-state index in [1.54, 1.807) is 42.5 Å². The molecule has 0 unspecified atom stereocenters. The highest BCUT2D eigenvalue weighted by Gasteiger charge is 2.09. The standard InChI is InChI=1S/C14H13F2NO2/c15-14(16)19-12-7-3-1-5-10(12)9-18-13-8-4-2-6-11(13)17/h1-8,14H,9,17H2. The molecule has 0 fully saturated rings. The van der Waals surface area contributed by atoms with Crippen molar-refractivity contribution in [3.05, 3.63) is 54.1 Å². The van der Waals surface area contributed by atoms with Gasteiger partial charge in [0.05, 0.1) is 5.69 Å². The maximum atomic E-state index is 12.2. The zero-order valence-electron chi connectivity index (χ0n) is 10.1. The number of nitrogen functional groups attached to an aromatic ring is 1. The van der Waals surface area contributed by atoms with Gasteiger partial charge in [-0.3, -0.25) is 0 Å². The van der Waals surface area contributed by atoms with Gasteiger partial charge in [-0.15, -0.1) is 0 Å². The highest BCUT2D eigenvalue weighted by molar-refractivity contribution is 5.52. The molecule has 0 aliphatic heterocycles. The Kier molecular flexibility index (Phi) is 4.18. The number of alkyl halides is 2. The average molecular weight is 265 g/mol. The van der Waals surface area contributed by atoms with Gasteiger partial charge < -0.3 is 15.2 Å². The molecule has 0 amide bonds. The molecule has 5 heteroatoms. The van der Waals surface area contributed by atoms with E-state index in [4.69, 9.17) is 10.5 Å².